The minimum Gasteiger partial charge on any atom is -0.490 e. The molecule has 2 aromatic carbocycles. The van der Waals surface area contributed by atoms with E-state index in [9.17, 15) is 9.59 Å². The molecule has 0 saturated carbocycles. The van der Waals surface area contributed by atoms with Gasteiger partial charge in [0.05, 0.1) is 12.3 Å². The molecule has 0 unspecified atom stereocenters. The van der Waals surface area contributed by atoms with Crippen LogP contribution in [-0.2, 0) is 9.59 Å². The van der Waals surface area contributed by atoms with E-state index >= 15 is 0 Å². The van der Waals surface area contributed by atoms with Gasteiger partial charge >= 0.3 is 0 Å². The molecule has 2 aromatic rings. The number of hydrogen-bond acceptors (Lipinski definition) is 4. The van der Waals surface area contributed by atoms with E-state index in [1.54, 1.807) is 42.5 Å². The van der Waals surface area contributed by atoms with Crippen molar-refractivity contribution in [3.05, 3.63) is 58.1 Å². The SMILES string of the molecule is CCOc1cc(C=C2C(=O)NN(c3ccccc3)C2=O)c(Br)cc1OC(C)(C)C. The molecule has 0 aliphatic carbocycles. The number of hydrogen-bond donors (Lipinski definition) is 1. The first-order valence-corrected chi connectivity index (χ1v) is 10.1. The molecule has 1 aliphatic rings. The number of para-hydroxylation sites is 1. The normalized spacial score (nSPS) is 15.6. The summed E-state index contributed by atoms with van der Waals surface area (Å²) in [6.45, 7) is 8.19. The second-order valence-electron chi connectivity index (χ2n) is 7.44. The quantitative estimate of drug-likeness (QED) is 0.529. The number of hydrazine groups is 1. The van der Waals surface area contributed by atoms with E-state index in [0.717, 1.165) is 0 Å². The van der Waals surface area contributed by atoms with Crippen LogP contribution in [0.5, 0.6) is 11.5 Å². The first kappa shape index (κ1) is 20.9. The fourth-order valence-electron chi connectivity index (χ4n) is 2.81. The van der Waals surface area contributed by atoms with Crippen molar-refractivity contribution in [1.82, 2.24) is 5.43 Å². The standard InChI is InChI=1S/C22H23BrN2O4/c1-5-28-18-12-14(17(23)13-19(18)29-22(2,3)4)11-16-20(26)24-25(21(16)27)15-9-7-6-8-10-15/h6-13H,5H2,1-4H3,(H,24,26). The lowest BCUT2D eigenvalue weighted by Gasteiger charge is -2.23. The molecule has 1 fully saturated rings. The third kappa shape index (κ3) is 4.79. The fourth-order valence-corrected chi connectivity index (χ4v) is 3.25. The van der Waals surface area contributed by atoms with Crippen molar-refractivity contribution in [2.75, 3.05) is 11.6 Å². The number of nitrogens with zero attached hydrogens (tertiary/aromatic N) is 1. The molecule has 152 valence electrons. The number of amides is 2. The van der Waals surface area contributed by atoms with Crippen molar-refractivity contribution >= 4 is 39.5 Å². The molecule has 3 rings (SSSR count). The summed E-state index contributed by atoms with van der Waals surface area (Å²) < 4.78 is 12.4. The Morgan fingerprint density at radius 3 is 2.41 bits per heavy atom. The second-order valence-corrected chi connectivity index (χ2v) is 8.30. The summed E-state index contributed by atoms with van der Waals surface area (Å²) in [6, 6.07) is 12.5. The van der Waals surface area contributed by atoms with Crippen LogP contribution in [0.25, 0.3) is 6.08 Å². The van der Waals surface area contributed by atoms with Crippen LogP contribution < -0.4 is 19.9 Å². The molecule has 1 aliphatic heterocycles. The molecule has 6 nitrogen and oxygen atoms in total. The van der Waals surface area contributed by atoms with Crippen molar-refractivity contribution in [2.24, 2.45) is 0 Å². The van der Waals surface area contributed by atoms with Crippen LogP contribution in [0.1, 0.15) is 33.3 Å². The lowest BCUT2D eigenvalue weighted by atomic mass is 10.1. The summed E-state index contributed by atoms with van der Waals surface area (Å²) in [5.74, 6) is 0.254. The summed E-state index contributed by atoms with van der Waals surface area (Å²) in [6.07, 6.45) is 1.55. The van der Waals surface area contributed by atoms with E-state index < -0.39 is 17.4 Å². The highest BCUT2D eigenvalue weighted by Crippen LogP contribution is 2.37. The molecule has 0 spiro atoms. The summed E-state index contributed by atoms with van der Waals surface area (Å²) in [4.78, 5) is 25.2. The molecule has 2 amide bonds. The number of rotatable bonds is 5. The van der Waals surface area contributed by atoms with Crippen LogP contribution in [0.2, 0.25) is 0 Å². The van der Waals surface area contributed by atoms with E-state index in [1.165, 1.54) is 5.01 Å². The van der Waals surface area contributed by atoms with Gasteiger partial charge in [0, 0.05) is 4.47 Å². The molecule has 1 N–H and O–H groups in total. The second kappa shape index (κ2) is 8.29. The Balaban J connectivity index is 1.98. The monoisotopic (exact) mass is 458 g/mol. The lowest BCUT2D eigenvalue weighted by Crippen LogP contribution is -2.35. The third-order valence-electron chi connectivity index (χ3n) is 3.98. The van der Waals surface area contributed by atoms with Gasteiger partial charge in [-0.2, -0.15) is 0 Å². The van der Waals surface area contributed by atoms with Gasteiger partial charge in [-0.15, -0.1) is 0 Å². The van der Waals surface area contributed by atoms with Crippen molar-refractivity contribution in [3.8, 4) is 11.5 Å². The number of carbonyl (C=O) groups is 2. The molecule has 1 heterocycles. The smallest absolute Gasteiger partial charge is 0.282 e. The Kier molecular flexibility index (Phi) is 5.98. The Labute approximate surface area is 178 Å². The number of nitrogens with one attached hydrogen (secondary N) is 1. The van der Waals surface area contributed by atoms with Crippen molar-refractivity contribution < 1.29 is 19.1 Å². The van der Waals surface area contributed by atoms with Crippen molar-refractivity contribution in [1.29, 1.82) is 0 Å². The van der Waals surface area contributed by atoms with Gasteiger partial charge in [0.25, 0.3) is 11.8 Å². The van der Waals surface area contributed by atoms with Gasteiger partial charge in [-0.1, -0.05) is 34.1 Å². The highest BCUT2D eigenvalue weighted by molar-refractivity contribution is 9.10. The third-order valence-corrected chi connectivity index (χ3v) is 4.67. The van der Waals surface area contributed by atoms with Gasteiger partial charge in [-0.3, -0.25) is 15.0 Å². The maximum Gasteiger partial charge on any atom is 0.282 e. The van der Waals surface area contributed by atoms with Crippen LogP contribution in [0.3, 0.4) is 0 Å². The van der Waals surface area contributed by atoms with E-state index in [4.69, 9.17) is 9.47 Å². The molecule has 29 heavy (non-hydrogen) atoms. The molecular weight excluding hydrogens is 436 g/mol. The number of benzene rings is 2. The highest BCUT2D eigenvalue weighted by Gasteiger charge is 2.34. The first-order valence-electron chi connectivity index (χ1n) is 9.27. The van der Waals surface area contributed by atoms with Gasteiger partial charge < -0.3 is 9.47 Å². The largest absolute Gasteiger partial charge is 0.490 e. The molecule has 0 bridgehead atoms. The summed E-state index contributed by atoms with van der Waals surface area (Å²) in [5, 5.41) is 1.24. The number of anilines is 1. The summed E-state index contributed by atoms with van der Waals surface area (Å²) in [5.41, 5.74) is 3.48. The maximum atomic E-state index is 12.8. The van der Waals surface area contributed by atoms with Gasteiger partial charge in [0.1, 0.15) is 11.2 Å². The van der Waals surface area contributed by atoms with E-state index in [-0.39, 0.29) is 5.57 Å². The van der Waals surface area contributed by atoms with Crippen molar-refractivity contribution in [3.63, 3.8) is 0 Å². The van der Waals surface area contributed by atoms with Gasteiger partial charge in [-0.05, 0) is 63.6 Å². The predicted octanol–water partition coefficient (Wildman–Crippen LogP) is 4.49. The maximum absolute atomic E-state index is 12.8. The molecule has 7 heteroatoms. The van der Waals surface area contributed by atoms with Gasteiger partial charge in [0.15, 0.2) is 11.5 Å². The zero-order chi connectivity index (χ0) is 21.2. The first-order chi connectivity index (χ1) is 13.7. The van der Waals surface area contributed by atoms with Crippen LogP contribution >= 0.6 is 15.9 Å². The van der Waals surface area contributed by atoms with Gasteiger partial charge in [0.2, 0.25) is 0 Å². The number of ether oxygens (including phenoxy) is 2. The minimum absolute atomic E-state index is 0.0430. The summed E-state index contributed by atoms with van der Waals surface area (Å²) >= 11 is 3.51. The molecule has 0 atom stereocenters. The number of carbonyl (C=O) groups excluding carboxylic acids is 2. The van der Waals surface area contributed by atoms with Crippen molar-refractivity contribution in [2.45, 2.75) is 33.3 Å². The summed E-state index contributed by atoms with van der Waals surface area (Å²) in [7, 11) is 0. The minimum atomic E-state index is -0.460. The average molecular weight is 459 g/mol. The highest BCUT2D eigenvalue weighted by atomic mass is 79.9. The molecule has 0 aromatic heterocycles. The zero-order valence-electron chi connectivity index (χ0n) is 16.8. The van der Waals surface area contributed by atoms with Crippen LogP contribution in [0.15, 0.2) is 52.5 Å². The molecule has 0 radical (unpaired) electrons. The Hall–Kier alpha value is -2.80. The van der Waals surface area contributed by atoms with Gasteiger partial charge in [-0.25, -0.2) is 5.01 Å². The van der Waals surface area contributed by atoms with E-state index in [2.05, 4.69) is 21.4 Å². The topological polar surface area (TPSA) is 67.9 Å². The Morgan fingerprint density at radius 2 is 1.79 bits per heavy atom. The molecule has 1 saturated heterocycles. The Bertz CT molecular complexity index is 965. The van der Waals surface area contributed by atoms with E-state index in [1.807, 2.05) is 33.8 Å². The number of halogens is 1. The van der Waals surface area contributed by atoms with Crippen LogP contribution in [-0.4, -0.2) is 24.0 Å². The van der Waals surface area contributed by atoms with Crippen LogP contribution in [0, 0.1) is 0 Å². The van der Waals surface area contributed by atoms with Crippen LogP contribution in [0.4, 0.5) is 5.69 Å². The fraction of sp³-hybridized carbons (Fsp3) is 0.273. The average Bonchev–Trinajstić information content (AvgIpc) is 2.93. The molecular formula is C22H23BrN2O4. The zero-order valence-corrected chi connectivity index (χ0v) is 18.4. The Morgan fingerprint density at radius 1 is 1.10 bits per heavy atom. The predicted molar refractivity (Wildman–Crippen MR) is 116 cm³/mol. The van der Waals surface area contributed by atoms with E-state index in [0.29, 0.717) is 33.8 Å². The lowest BCUT2D eigenvalue weighted by molar-refractivity contribution is -0.117.